The molecule has 1 aromatic rings. The fourth-order valence-electron chi connectivity index (χ4n) is 2.00. The number of ether oxygens (including phenoxy) is 1. The lowest BCUT2D eigenvalue weighted by Crippen LogP contribution is -2.25. The molecule has 72 valence electrons. The smallest absolute Gasteiger partial charge is 0.0521 e. The van der Waals surface area contributed by atoms with Crippen LogP contribution in [0.15, 0.2) is 18.3 Å². The van der Waals surface area contributed by atoms with Crippen LogP contribution >= 0.6 is 0 Å². The molecule has 0 saturated carbocycles. The molecule has 0 amide bonds. The van der Waals surface area contributed by atoms with E-state index in [1.807, 2.05) is 19.3 Å². The Bertz CT molecular complexity index is 239. The second-order valence-electron chi connectivity index (χ2n) is 3.52. The Morgan fingerprint density at radius 2 is 2.62 bits per heavy atom. The van der Waals surface area contributed by atoms with Crippen molar-refractivity contribution in [2.45, 2.75) is 12.5 Å². The van der Waals surface area contributed by atoms with E-state index in [-0.39, 0.29) is 0 Å². The molecule has 2 rings (SSSR count). The largest absolute Gasteiger partial charge is 0.381 e. The van der Waals surface area contributed by atoms with Crippen LogP contribution in [-0.4, -0.2) is 25.2 Å². The van der Waals surface area contributed by atoms with E-state index in [9.17, 15) is 0 Å². The fourth-order valence-corrected chi connectivity index (χ4v) is 2.00. The minimum atomic E-state index is 0.414. The fraction of sp³-hybridized carbons (Fsp3) is 0.600. The van der Waals surface area contributed by atoms with Gasteiger partial charge in [0.15, 0.2) is 0 Å². The lowest BCUT2D eigenvalue weighted by molar-refractivity contribution is 0.177. The predicted octanol–water partition coefficient (Wildman–Crippen LogP) is 1.31. The van der Waals surface area contributed by atoms with Crippen LogP contribution in [0.4, 0.5) is 0 Å². The zero-order valence-electron chi connectivity index (χ0n) is 7.92. The molecule has 2 atom stereocenters. The molecular weight excluding hydrogens is 164 g/mol. The molecule has 1 fully saturated rings. The molecule has 13 heavy (non-hydrogen) atoms. The van der Waals surface area contributed by atoms with Crippen LogP contribution in [-0.2, 0) is 4.74 Å². The molecule has 0 radical (unpaired) electrons. The Hall–Kier alpha value is -0.800. The van der Waals surface area contributed by atoms with Crippen molar-refractivity contribution in [1.82, 2.24) is 10.3 Å². The van der Waals surface area contributed by atoms with Crippen LogP contribution in [0.2, 0.25) is 0 Å². The Kier molecular flexibility index (Phi) is 2.66. The SMILES string of the molecule is CNC(c1ccc[nH]1)C1CCOC1. The van der Waals surface area contributed by atoms with Crippen molar-refractivity contribution in [2.24, 2.45) is 5.92 Å². The molecular formula is C10H16N2O. The summed E-state index contributed by atoms with van der Waals surface area (Å²) < 4.78 is 5.38. The molecule has 0 aliphatic carbocycles. The zero-order chi connectivity index (χ0) is 9.10. The maximum absolute atomic E-state index is 5.38. The summed E-state index contributed by atoms with van der Waals surface area (Å²) in [5.41, 5.74) is 1.26. The summed E-state index contributed by atoms with van der Waals surface area (Å²) in [6.45, 7) is 1.79. The summed E-state index contributed by atoms with van der Waals surface area (Å²) >= 11 is 0. The molecule has 1 aliphatic heterocycles. The van der Waals surface area contributed by atoms with Crippen molar-refractivity contribution >= 4 is 0 Å². The van der Waals surface area contributed by atoms with Crippen molar-refractivity contribution in [2.75, 3.05) is 20.3 Å². The Balaban J connectivity index is 2.08. The van der Waals surface area contributed by atoms with E-state index >= 15 is 0 Å². The summed E-state index contributed by atoms with van der Waals surface area (Å²) in [5, 5.41) is 3.34. The highest BCUT2D eigenvalue weighted by Gasteiger charge is 2.26. The first kappa shape index (κ1) is 8.78. The molecule has 0 aromatic carbocycles. The number of aromatic amines is 1. The van der Waals surface area contributed by atoms with E-state index in [2.05, 4.69) is 16.4 Å². The van der Waals surface area contributed by atoms with Crippen LogP contribution in [0.1, 0.15) is 18.2 Å². The maximum atomic E-state index is 5.38. The Morgan fingerprint density at radius 1 is 1.69 bits per heavy atom. The van der Waals surface area contributed by atoms with Gasteiger partial charge in [0.05, 0.1) is 12.6 Å². The first-order valence-corrected chi connectivity index (χ1v) is 4.80. The van der Waals surface area contributed by atoms with Crippen molar-refractivity contribution in [3.8, 4) is 0 Å². The summed E-state index contributed by atoms with van der Waals surface area (Å²) in [6, 6.07) is 4.58. The third-order valence-electron chi connectivity index (χ3n) is 2.70. The highest BCUT2D eigenvalue weighted by Crippen LogP contribution is 2.27. The van der Waals surface area contributed by atoms with Crippen molar-refractivity contribution in [3.05, 3.63) is 24.0 Å². The third-order valence-corrected chi connectivity index (χ3v) is 2.70. The standard InChI is InChI=1S/C10H16N2O/c1-11-10(8-4-6-13-7-8)9-3-2-5-12-9/h2-3,5,8,10-12H,4,6-7H2,1H3. The molecule has 3 nitrogen and oxygen atoms in total. The van der Waals surface area contributed by atoms with Gasteiger partial charge in [-0.15, -0.1) is 0 Å². The van der Waals surface area contributed by atoms with Crippen molar-refractivity contribution in [1.29, 1.82) is 0 Å². The van der Waals surface area contributed by atoms with E-state index in [0.29, 0.717) is 12.0 Å². The third kappa shape index (κ3) is 1.76. The molecule has 2 unspecified atom stereocenters. The van der Waals surface area contributed by atoms with Gasteiger partial charge in [-0.05, 0) is 25.6 Å². The van der Waals surface area contributed by atoms with Gasteiger partial charge in [0, 0.05) is 24.4 Å². The van der Waals surface area contributed by atoms with Gasteiger partial charge in [-0.1, -0.05) is 0 Å². The van der Waals surface area contributed by atoms with Crippen LogP contribution < -0.4 is 5.32 Å². The molecule has 1 aliphatic rings. The molecule has 1 aromatic heterocycles. The van der Waals surface area contributed by atoms with E-state index in [1.165, 1.54) is 5.69 Å². The Morgan fingerprint density at radius 3 is 3.15 bits per heavy atom. The molecule has 0 spiro atoms. The summed E-state index contributed by atoms with van der Waals surface area (Å²) in [5.74, 6) is 0.614. The van der Waals surface area contributed by atoms with Gasteiger partial charge in [0.25, 0.3) is 0 Å². The van der Waals surface area contributed by atoms with Gasteiger partial charge in [0.2, 0.25) is 0 Å². The summed E-state index contributed by atoms with van der Waals surface area (Å²) in [7, 11) is 2.00. The number of H-pyrrole nitrogens is 1. The van der Waals surface area contributed by atoms with Gasteiger partial charge < -0.3 is 15.0 Å². The second-order valence-corrected chi connectivity index (χ2v) is 3.52. The molecule has 3 heteroatoms. The first-order valence-electron chi connectivity index (χ1n) is 4.80. The van der Waals surface area contributed by atoms with E-state index < -0.39 is 0 Å². The minimum Gasteiger partial charge on any atom is -0.381 e. The number of hydrogen-bond acceptors (Lipinski definition) is 2. The molecule has 2 N–H and O–H groups in total. The highest BCUT2D eigenvalue weighted by molar-refractivity contribution is 5.10. The van der Waals surface area contributed by atoms with E-state index in [1.54, 1.807) is 0 Å². The number of rotatable bonds is 3. The van der Waals surface area contributed by atoms with E-state index in [0.717, 1.165) is 19.6 Å². The summed E-state index contributed by atoms with van der Waals surface area (Å²) in [6.07, 6.45) is 3.13. The first-order chi connectivity index (χ1) is 6.42. The highest BCUT2D eigenvalue weighted by atomic mass is 16.5. The quantitative estimate of drug-likeness (QED) is 0.736. The van der Waals surface area contributed by atoms with Gasteiger partial charge in [-0.25, -0.2) is 0 Å². The van der Waals surface area contributed by atoms with E-state index in [4.69, 9.17) is 4.74 Å². The lowest BCUT2D eigenvalue weighted by atomic mass is 9.96. The van der Waals surface area contributed by atoms with Gasteiger partial charge in [-0.2, -0.15) is 0 Å². The van der Waals surface area contributed by atoms with Crippen LogP contribution in [0.3, 0.4) is 0 Å². The zero-order valence-corrected chi connectivity index (χ0v) is 7.92. The number of nitrogens with one attached hydrogen (secondary N) is 2. The predicted molar refractivity (Wildman–Crippen MR) is 51.5 cm³/mol. The minimum absolute atomic E-state index is 0.414. The normalized spacial score (nSPS) is 24.8. The lowest BCUT2D eigenvalue weighted by Gasteiger charge is -2.20. The second kappa shape index (κ2) is 3.94. The summed E-state index contributed by atoms with van der Waals surface area (Å²) in [4.78, 5) is 3.25. The van der Waals surface area contributed by atoms with Crippen molar-refractivity contribution < 1.29 is 4.74 Å². The maximum Gasteiger partial charge on any atom is 0.0521 e. The van der Waals surface area contributed by atoms with Crippen LogP contribution in [0.25, 0.3) is 0 Å². The molecule has 2 heterocycles. The van der Waals surface area contributed by atoms with Gasteiger partial charge in [0.1, 0.15) is 0 Å². The topological polar surface area (TPSA) is 37.0 Å². The average Bonchev–Trinajstić information content (AvgIpc) is 2.76. The Labute approximate surface area is 78.5 Å². The molecule has 1 saturated heterocycles. The average molecular weight is 180 g/mol. The van der Waals surface area contributed by atoms with Crippen molar-refractivity contribution in [3.63, 3.8) is 0 Å². The number of hydrogen-bond donors (Lipinski definition) is 2. The molecule has 0 bridgehead atoms. The van der Waals surface area contributed by atoms with Gasteiger partial charge in [-0.3, -0.25) is 0 Å². The monoisotopic (exact) mass is 180 g/mol. The van der Waals surface area contributed by atoms with Crippen LogP contribution in [0.5, 0.6) is 0 Å². The van der Waals surface area contributed by atoms with Crippen LogP contribution in [0, 0.1) is 5.92 Å². The number of aromatic nitrogens is 1. The van der Waals surface area contributed by atoms with Gasteiger partial charge >= 0.3 is 0 Å².